The normalized spacial score (nSPS) is 12.4. The van der Waals surface area contributed by atoms with E-state index in [0.717, 1.165) is 16.9 Å². The van der Waals surface area contributed by atoms with Crippen LogP contribution in [0.3, 0.4) is 0 Å². The van der Waals surface area contributed by atoms with Gasteiger partial charge in [-0.15, -0.1) is 0 Å². The van der Waals surface area contributed by atoms with Gasteiger partial charge in [0, 0.05) is 13.2 Å². The van der Waals surface area contributed by atoms with E-state index < -0.39 is 0 Å². The first-order valence-electron chi connectivity index (χ1n) is 6.20. The lowest BCUT2D eigenvalue weighted by atomic mass is 10.1. The highest BCUT2D eigenvalue weighted by Gasteiger charge is 2.04. The van der Waals surface area contributed by atoms with Crippen LogP contribution in [0.25, 0.3) is 0 Å². The summed E-state index contributed by atoms with van der Waals surface area (Å²) in [6, 6.07) is 6.07. The van der Waals surface area contributed by atoms with E-state index in [1.807, 2.05) is 26.0 Å². The number of aryl methyl sites for hydroxylation is 1. The molecule has 0 saturated heterocycles. The van der Waals surface area contributed by atoms with Crippen molar-refractivity contribution >= 4 is 0 Å². The van der Waals surface area contributed by atoms with Crippen molar-refractivity contribution in [2.75, 3.05) is 33.5 Å². The van der Waals surface area contributed by atoms with Gasteiger partial charge in [-0.25, -0.2) is 0 Å². The SMILES string of the molecule is COCCOCCOc1ccc([C@@H](C)N)cc1C. The minimum absolute atomic E-state index is 0.0510. The number of ether oxygens (including phenoxy) is 3. The van der Waals surface area contributed by atoms with Crippen LogP contribution in [0, 0.1) is 6.92 Å². The second-order valence-electron chi connectivity index (χ2n) is 4.27. The second kappa shape index (κ2) is 8.08. The van der Waals surface area contributed by atoms with Gasteiger partial charge >= 0.3 is 0 Å². The van der Waals surface area contributed by atoms with Crippen molar-refractivity contribution in [1.82, 2.24) is 0 Å². The van der Waals surface area contributed by atoms with Gasteiger partial charge < -0.3 is 19.9 Å². The third kappa shape index (κ3) is 5.04. The number of hydrogen-bond donors (Lipinski definition) is 1. The smallest absolute Gasteiger partial charge is 0.122 e. The van der Waals surface area contributed by atoms with Crippen molar-refractivity contribution in [2.24, 2.45) is 5.73 Å². The summed E-state index contributed by atoms with van der Waals surface area (Å²) in [5, 5.41) is 0. The van der Waals surface area contributed by atoms with E-state index in [4.69, 9.17) is 19.9 Å². The summed E-state index contributed by atoms with van der Waals surface area (Å²) in [6.45, 7) is 6.32. The Morgan fingerprint density at radius 1 is 1.17 bits per heavy atom. The molecule has 0 amide bonds. The summed E-state index contributed by atoms with van der Waals surface area (Å²) in [5.41, 5.74) is 8.05. The number of rotatable bonds is 8. The van der Waals surface area contributed by atoms with Crippen LogP contribution in [0.4, 0.5) is 0 Å². The molecule has 102 valence electrons. The zero-order valence-corrected chi connectivity index (χ0v) is 11.4. The molecule has 1 aromatic rings. The van der Waals surface area contributed by atoms with Crippen LogP contribution in [0.5, 0.6) is 5.75 Å². The van der Waals surface area contributed by atoms with E-state index in [1.54, 1.807) is 7.11 Å². The van der Waals surface area contributed by atoms with Crippen LogP contribution in [-0.2, 0) is 9.47 Å². The van der Waals surface area contributed by atoms with Crippen molar-refractivity contribution in [1.29, 1.82) is 0 Å². The van der Waals surface area contributed by atoms with Gasteiger partial charge in [0.05, 0.1) is 19.8 Å². The molecule has 1 atom stereocenters. The molecule has 0 aliphatic carbocycles. The Kier molecular flexibility index (Phi) is 6.72. The van der Waals surface area contributed by atoms with E-state index in [-0.39, 0.29) is 6.04 Å². The van der Waals surface area contributed by atoms with Gasteiger partial charge in [0.25, 0.3) is 0 Å². The number of benzene rings is 1. The molecule has 18 heavy (non-hydrogen) atoms. The third-order valence-corrected chi connectivity index (χ3v) is 2.64. The van der Waals surface area contributed by atoms with Crippen molar-refractivity contribution in [3.63, 3.8) is 0 Å². The van der Waals surface area contributed by atoms with E-state index in [9.17, 15) is 0 Å². The Morgan fingerprint density at radius 2 is 1.89 bits per heavy atom. The molecule has 0 aliphatic heterocycles. The average Bonchev–Trinajstić information content (AvgIpc) is 2.35. The Morgan fingerprint density at radius 3 is 2.50 bits per heavy atom. The minimum Gasteiger partial charge on any atom is -0.491 e. The largest absolute Gasteiger partial charge is 0.491 e. The van der Waals surface area contributed by atoms with Gasteiger partial charge in [-0.2, -0.15) is 0 Å². The van der Waals surface area contributed by atoms with Gasteiger partial charge in [-0.1, -0.05) is 12.1 Å². The molecule has 0 aromatic heterocycles. The first-order chi connectivity index (χ1) is 8.65. The molecular formula is C14H23NO3. The van der Waals surface area contributed by atoms with E-state index in [2.05, 4.69) is 6.07 Å². The molecule has 0 aliphatic rings. The van der Waals surface area contributed by atoms with Crippen LogP contribution >= 0.6 is 0 Å². The predicted octanol–water partition coefficient (Wildman–Crippen LogP) is 2.06. The molecule has 0 radical (unpaired) electrons. The number of methoxy groups -OCH3 is 1. The van der Waals surface area contributed by atoms with Gasteiger partial charge in [0.2, 0.25) is 0 Å². The fourth-order valence-electron chi connectivity index (χ4n) is 1.57. The highest BCUT2D eigenvalue weighted by Crippen LogP contribution is 2.21. The van der Waals surface area contributed by atoms with E-state index in [0.29, 0.717) is 26.4 Å². The maximum absolute atomic E-state index is 5.83. The van der Waals surface area contributed by atoms with Gasteiger partial charge in [0.15, 0.2) is 0 Å². The minimum atomic E-state index is 0.0510. The molecule has 4 heteroatoms. The predicted molar refractivity (Wildman–Crippen MR) is 72.0 cm³/mol. The lowest BCUT2D eigenvalue weighted by Gasteiger charge is -2.12. The molecule has 1 rings (SSSR count). The average molecular weight is 253 g/mol. The summed E-state index contributed by atoms with van der Waals surface area (Å²) >= 11 is 0. The first-order valence-corrected chi connectivity index (χ1v) is 6.20. The summed E-state index contributed by atoms with van der Waals surface area (Å²) in [6.07, 6.45) is 0. The highest BCUT2D eigenvalue weighted by molar-refractivity contribution is 5.37. The fourth-order valence-corrected chi connectivity index (χ4v) is 1.57. The lowest BCUT2D eigenvalue weighted by Crippen LogP contribution is -2.11. The third-order valence-electron chi connectivity index (χ3n) is 2.64. The number of hydrogen-bond acceptors (Lipinski definition) is 4. The topological polar surface area (TPSA) is 53.7 Å². The van der Waals surface area contributed by atoms with Gasteiger partial charge in [0.1, 0.15) is 12.4 Å². The molecule has 2 N–H and O–H groups in total. The summed E-state index contributed by atoms with van der Waals surface area (Å²) in [7, 11) is 1.66. The molecule has 0 unspecified atom stereocenters. The molecule has 0 fully saturated rings. The summed E-state index contributed by atoms with van der Waals surface area (Å²) in [5.74, 6) is 0.884. The van der Waals surface area contributed by atoms with Crippen LogP contribution in [0.1, 0.15) is 24.1 Å². The Labute approximate surface area is 109 Å². The van der Waals surface area contributed by atoms with E-state index in [1.165, 1.54) is 0 Å². The monoisotopic (exact) mass is 253 g/mol. The quantitative estimate of drug-likeness (QED) is 0.720. The van der Waals surface area contributed by atoms with Crippen molar-refractivity contribution < 1.29 is 14.2 Å². The van der Waals surface area contributed by atoms with Crippen molar-refractivity contribution in [3.8, 4) is 5.75 Å². The molecule has 1 aromatic carbocycles. The maximum atomic E-state index is 5.83. The molecule has 0 spiro atoms. The Bertz CT molecular complexity index is 353. The van der Waals surface area contributed by atoms with Crippen LogP contribution in [0.15, 0.2) is 18.2 Å². The molecule has 0 heterocycles. The van der Waals surface area contributed by atoms with Crippen molar-refractivity contribution in [2.45, 2.75) is 19.9 Å². The second-order valence-corrected chi connectivity index (χ2v) is 4.27. The molecule has 0 saturated carbocycles. The Balaban J connectivity index is 2.34. The van der Waals surface area contributed by atoms with Crippen LogP contribution < -0.4 is 10.5 Å². The lowest BCUT2D eigenvalue weighted by molar-refractivity contribution is 0.0543. The maximum Gasteiger partial charge on any atom is 0.122 e. The zero-order chi connectivity index (χ0) is 13.4. The zero-order valence-electron chi connectivity index (χ0n) is 11.4. The van der Waals surface area contributed by atoms with Crippen LogP contribution in [-0.4, -0.2) is 33.5 Å². The fraction of sp³-hybridized carbons (Fsp3) is 0.571. The molecule has 4 nitrogen and oxygen atoms in total. The standard InChI is InChI=1S/C14H23NO3/c1-11-10-13(12(2)15)4-5-14(11)18-9-8-17-7-6-16-3/h4-5,10,12H,6-9,15H2,1-3H3/t12-/m1/s1. The summed E-state index contributed by atoms with van der Waals surface area (Å²) in [4.78, 5) is 0. The highest BCUT2D eigenvalue weighted by atomic mass is 16.5. The van der Waals surface area contributed by atoms with Gasteiger partial charge in [-0.05, 0) is 31.0 Å². The molecule has 0 bridgehead atoms. The molecular weight excluding hydrogens is 230 g/mol. The first kappa shape index (κ1) is 15.0. The summed E-state index contributed by atoms with van der Waals surface area (Å²) < 4.78 is 15.9. The van der Waals surface area contributed by atoms with Crippen LogP contribution in [0.2, 0.25) is 0 Å². The van der Waals surface area contributed by atoms with Gasteiger partial charge in [-0.3, -0.25) is 0 Å². The van der Waals surface area contributed by atoms with E-state index >= 15 is 0 Å². The Hall–Kier alpha value is -1.10. The van der Waals surface area contributed by atoms with Crippen molar-refractivity contribution in [3.05, 3.63) is 29.3 Å². The number of nitrogens with two attached hydrogens (primary N) is 1.